The minimum Gasteiger partial charge on any atom is -0.361 e. The first-order valence-electron chi connectivity index (χ1n) is 4.95. The minimum atomic E-state index is 0.160. The van der Waals surface area contributed by atoms with Gasteiger partial charge in [-0.1, -0.05) is 11.6 Å². The molecule has 0 aromatic carbocycles. The topological polar surface area (TPSA) is 37.8 Å². The van der Waals surface area contributed by atoms with Crippen molar-refractivity contribution in [3.63, 3.8) is 0 Å². The molecule has 0 spiro atoms. The van der Waals surface area contributed by atoms with Crippen LogP contribution in [0.3, 0.4) is 0 Å². The fraction of sp³-hybridized carbons (Fsp3) is 0.273. The van der Waals surface area contributed by atoms with Crippen molar-refractivity contribution in [1.82, 2.24) is 9.97 Å². The van der Waals surface area contributed by atoms with Crippen molar-refractivity contribution in [2.75, 3.05) is 5.32 Å². The summed E-state index contributed by atoms with van der Waals surface area (Å²) in [4.78, 5) is 9.73. The molecule has 2 heterocycles. The van der Waals surface area contributed by atoms with Crippen LogP contribution in [0.1, 0.15) is 22.9 Å². The van der Waals surface area contributed by atoms with Gasteiger partial charge in [0.2, 0.25) is 0 Å². The van der Waals surface area contributed by atoms with Crippen LogP contribution in [0.4, 0.5) is 5.82 Å². The molecule has 1 N–H and O–H groups in total. The molecule has 0 radical (unpaired) electrons. The van der Waals surface area contributed by atoms with Gasteiger partial charge in [-0.05, 0) is 26.0 Å². The second kappa shape index (κ2) is 4.80. The molecule has 3 nitrogen and oxygen atoms in total. The van der Waals surface area contributed by atoms with Gasteiger partial charge in [-0.25, -0.2) is 9.97 Å². The van der Waals surface area contributed by atoms with Crippen molar-refractivity contribution in [2.45, 2.75) is 19.9 Å². The molecule has 0 bridgehead atoms. The van der Waals surface area contributed by atoms with E-state index in [1.807, 2.05) is 18.3 Å². The molecule has 2 aromatic rings. The van der Waals surface area contributed by atoms with Gasteiger partial charge >= 0.3 is 0 Å². The lowest BCUT2D eigenvalue weighted by molar-refractivity contribution is 0.861. The lowest BCUT2D eigenvalue weighted by atomic mass is 10.3. The number of hydrogen-bond donors (Lipinski definition) is 1. The summed E-state index contributed by atoms with van der Waals surface area (Å²) >= 11 is 7.46. The monoisotopic (exact) mass is 253 g/mol. The standard InChI is InChI=1S/C11H12ClN3S/c1-7-5-14-11(16-7)8(2)15-10-4-3-9(12)6-13-10/h3-6,8H,1-2H3,(H,13,15). The number of aryl methyl sites for hydroxylation is 1. The van der Waals surface area contributed by atoms with E-state index in [1.54, 1.807) is 17.5 Å². The van der Waals surface area contributed by atoms with Gasteiger partial charge in [0, 0.05) is 17.3 Å². The Bertz CT molecular complexity index is 466. The molecule has 0 aliphatic rings. The highest BCUT2D eigenvalue weighted by Crippen LogP contribution is 2.22. The highest BCUT2D eigenvalue weighted by atomic mass is 35.5. The Morgan fingerprint density at radius 1 is 1.31 bits per heavy atom. The Balaban J connectivity index is 2.07. The van der Waals surface area contributed by atoms with E-state index in [4.69, 9.17) is 11.6 Å². The van der Waals surface area contributed by atoms with Gasteiger partial charge in [-0.3, -0.25) is 0 Å². The summed E-state index contributed by atoms with van der Waals surface area (Å²) in [7, 11) is 0. The van der Waals surface area contributed by atoms with E-state index < -0.39 is 0 Å². The molecule has 0 aliphatic heterocycles. The SMILES string of the molecule is Cc1cnc(C(C)Nc2ccc(Cl)cn2)s1. The number of nitrogens with one attached hydrogen (secondary N) is 1. The first-order chi connectivity index (χ1) is 7.65. The van der Waals surface area contributed by atoms with E-state index in [0.29, 0.717) is 5.02 Å². The Morgan fingerprint density at radius 2 is 2.12 bits per heavy atom. The van der Waals surface area contributed by atoms with Gasteiger partial charge in [-0.2, -0.15) is 0 Å². The lowest BCUT2D eigenvalue weighted by Gasteiger charge is -2.11. The zero-order valence-electron chi connectivity index (χ0n) is 9.07. The highest BCUT2D eigenvalue weighted by molar-refractivity contribution is 7.11. The number of pyridine rings is 1. The van der Waals surface area contributed by atoms with Gasteiger partial charge in [0.15, 0.2) is 0 Å². The third kappa shape index (κ3) is 2.71. The predicted molar refractivity (Wildman–Crippen MR) is 68.1 cm³/mol. The number of halogens is 1. The average Bonchev–Trinajstić information content (AvgIpc) is 2.68. The molecular weight excluding hydrogens is 242 g/mol. The van der Waals surface area contributed by atoms with Gasteiger partial charge in [0.25, 0.3) is 0 Å². The maximum absolute atomic E-state index is 5.77. The Labute approximate surface area is 104 Å². The Hall–Kier alpha value is -1.13. The van der Waals surface area contributed by atoms with Crippen LogP contribution in [0.5, 0.6) is 0 Å². The molecule has 16 heavy (non-hydrogen) atoms. The van der Waals surface area contributed by atoms with Crippen LogP contribution >= 0.6 is 22.9 Å². The molecule has 0 amide bonds. The van der Waals surface area contributed by atoms with E-state index in [2.05, 4.69) is 29.1 Å². The van der Waals surface area contributed by atoms with E-state index in [1.165, 1.54) is 4.88 Å². The third-order valence-electron chi connectivity index (χ3n) is 2.10. The molecule has 1 unspecified atom stereocenters. The molecule has 5 heteroatoms. The summed E-state index contributed by atoms with van der Waals surface area (Å²) in [5.41, 5.74) is 0. The molecule has 0 aliphatic carbocycles. The van der Waals surface area contributed by atoms with E-state index in [-0.39, 0.29) is 6.04 Å². The predicted octanol–water partition coefficient (Wildman–Crippen LogP) is 3.67. The second-order valence-electron chi connectivity index (χ2n) is 3.54. The van der Waals surface area contributed by atoms with Crippen LogP contribution in [0.2, 0.25) is 5.02 Å². The maximum Gasteiger partial charge on any atom is 0.126 e. The van der Waals surface area contributed by atoms with Crippen molar-refractivity contribution in [3.05, 3.63) is 39.4 Å². The first-order valence-corrected chi connectivity index (χ1v) is 6.15. The van der Waals surface area contributed by atoms with Crippen molar-refractivity contribution in [3.8, 4) is 0 Å². The lowest BCUT2D eigenvalue weighted by Crippen LogP contribution is -2.07. The number of thiazole rings is 1. The average molecular weight is 254 g/mol. The zero-order chi connectivity index (χ0) is 11.5. The summed E-state index contributed by atoms with van der Waals surface area (Å²) in [6.07, 6.45) is 3.51. The third-order valence-corrected chi connectivity index (χ3v) is 3.42. The summed E-state index contributed by atoms with van der Waals surface area (Å²) in [6.45, 7) is 4.11. The first kappa shape index (κ1) is 11.4. The largest absolute Gasteiger partial charge is 0.361 e. The molecule has 0 fully saturated rings. The minimum absolute atomic E-state index is 0.160. The van der Waals surface area contributed by atoms with Crippen LogP contribution in [0, 0.1) is 6.92 Å². The highest BCUT2D eigenvalue weighted by Gasteiger charge is 2.09. The maximum atomic E-state index is 5.77. The molecular formula is C11H12ClN3S. The fourth-order valence-corrected chi connectivity index (χ4v) is 2.21. The van der Waals surface area contributed by atoms with Gasteiger partial charge < -0.3 is 5.32 Å². The van der Waals surface area contributed by atoms with Crippen LogP contribution in [0.25, 0.3) is 0 Å². The molecule has 0 saturated carbocycles. The van der Waals surface area contributed by atoms with Crippen LogP contribution in [-0.2, 0) is 0 Å². The van der Waals surface area contributed by atoms with Crippen molar-refractivity contribution >= 4 is 28.8 Å². The molecule has 84 valence electrons. The van der Waals surface area contributed by atoms with Gasteiger partial charge in [0.05, 0.1) is 11.1 Å². The van der Waals surface area contributed by atoms with E-state index >= 15 is 0 Å². The van der Waals surface area contributed by atoms with Crippen molar-refractivity contribution in [2.24, 2.45) is 0 Å². The zero-order valence-corrected chi connectivity index (χ0v) is 10.6. The fourth-order valence-electron chi connectivity index (χ4n) is 1.32. The van der Waals surface area contributed by atoms with Crippen LogP contribution in [-0.4, -0.2) is 9.97 Å². The summed E-state index contributed by atoms with van der Waals surface area (Å²) in [5, 5.41) is 4.98. The smallest absolute Gasteiger partial charge is 0.126 e. The summed E-state index contributed by atoms with van der Waals surface area (Å²) in [6, 6.07) is 3.84. The number of anilines is 1. The molecule has 2 rings (SSSR count). The second-order valence-corrected chi connectivity index (χ2v) is 5.24. The van der Waals surface area contributed by atoms with Crippen LogP contribution in [0.15, 0.2) is 24.5 Å². The van der Waals surface area contributed by atoms with Gasteiger partial charge in [0.1, 0.15) is 10.8 Å². The number of hydrogen-bond acceptors (Lipinski definition) is 4. The van der Waals surface area contributed by atoms with Crippen molar-refractivity contribution in [1.29, 1.82) is 0 Å². The van der Waals surface area contributed by atoms with Crippen LogP contribution < -0.4 is 5.32 Å². The summed E-state index contributed by atoms with van der Waals surface area (Å²) < 4.78 is 0. The van der Waals surface area contributed by atoms with Crippen molar-refractivity contribution < 1.29 is 0 Å². The molecule has 0 saturated heterocycles. The Morgan fingerprint density at radius 3 is 2.69 bits per heavy atom. The molecule has 1 atom stereocenters. The van der Waals surface area contributed by atoms with Gasteiger partial charge in [-0.15, -0.1) is 11.3 Å². The van der Waals surface area contributed by atoms with E-state index in [9.17, 15) is 0 Å². The van der Waals surface area contributed by atoms with E-state index in [0.717, 1.165) is 10.8 Å². The number of nitrogens with zero attached hydrogens (tertiary/aromatic N) is 2. The normalized spacial score (nSPS) is 12.4. The molecule has 2 aromatic heterocycles. The Kier molecular flexibility index (Phi) is 3.41. The number of rotatable bonds is 3. The quantitative estimate of drug-likeness (QED) is 0.907. The number of aromatic nitrogens is 2. The summed E-state index contributed by atoms with van der Waals surface area (Å²) in [5.74, 6) is 0.810.